The van der Waals surface area contributed by atoms with Crippen molar-refractivity contribution in [2.45, 2.75) is 52.9 Å². The Bertz CT molecular complexity index is 495. The van der Waals surface area contributed by atoms with Crippen molar-refractivity contribution >= 4 is 22.0 Å². The molecule has 0 bridgehead atoms. The molecular formula is C16H24BrNO3. The van der Waals surface area contributed by atoms with Gasteiger partial charge in [-0.25, -0.2) is 4.79 Å². The van der Waals surface area contributed by atoms with E-state index >= 15 is 0 Å². The van der Waals surface area contributed by atoms with Crippen LogP contribution in [0.3, 0.4) is 0 Å². The lowest BCUT2D eigenvalue weighted by molar-refractivity contribution is 0.0283. The predicted molar refractivity (Wildman–Crippen MR) is 87.6 cm³/mol. The van der Waals surface area contributed by atoms with E-state index in [0.717, 1.165) is 15.8 Å². The molecule has 0 atom stereocenters. The Morgan fingerprint density at radius 2 is 1.95 bits per heavy atom. The number of halogens is 1. The summed E-state index contributed by atoms with van der Waals surface area (Å²) in [7, 11) is 1.72. The molecule has 0 heterocycles. The number of benzene rings is 1. The van der Waals surface area contributed by atoms with E-state index in [2.05, 4.69) is 15.9 Å². The van der Waals surface area contributed by atoms with Crippen molar-refractivity contribution in [3.05, 3.63) is 28.2 Å². The molecular weight excluding hydrogens is 334 g/mol. The third-order valence-corrected chi connectivity index (χ3v) is 3.14. The monoisotopic (exact) mass is 357 g/mol. The molecule has 4 nitrogen and oxygen atoms in total. The second-order valence-corrected chi connectivity index (χ2v) is 7.09. The standard InChI is InChI=1S/C16H24BrNO3/c1-11(2)20-14-12(8-7-9-13(14)17)10-18(6)15(19)21-16(3,4)5/h7-9,11H,10H2,1-6H3. The minimum atomic E-state index is -0.500. The first-order valence-electron chi connectivity index (χ1n) is 6.98. The number of hydrogen-bond donors (Lipinski definition) is 0. The molecule has 0 aromatic heterocycles. The average Bonchev–Trinajstić information content (AvgIpc) is 2.31. The highest BCUT2D eigenvalue weighted by Gasteiger charge is 2.21. The molecule has 0 saturated carbocycles. The topological polar surface area (TPSA) is 38.8 Å². The summed E-state index contributed by atoms with van der Waals surface area (Å²) in [6, 6.07) is 5.80. The number of ether oxygens (including phenoxy) is 2. The van der Waals surface area contributed by atoms with Crippen molar-refractivity contribution < 1.29 is 14.3 Å². The third kappa shape index (κ3) is 5.96. The molecule has 0 unspecified atom stereocenters. The number of nitrogens with zero attached hydrogens (tertiary/aromatic N) is 1. The summed E-state index contributed by atoms with van der Waals surface area (Å²) in [5.41, 5.74) is 0.436. The Labute approximate surface area is 135 Å². The number of para-hydroxylation sites is 1. The number of carbonyl (C=O) groups excluding carboxylic acids is 1. The van der Waals surface area contributed by atoms with Crippen LogP contribution >= 0.6 is 15.9 Å². The van der Waals surface area contributed by atoms with Crippen molar-refractivity contribution in [2.75, 3.05) is 7.05 Å². The van der Waals surface area contributed by atoms with E-state index in [-0.39, 0.29) is 12.2 Å². The normalized spacial score (nSPS) is 11.4. The Morgan fingerprint density at radius 3 is 2.48 bits per heavy atom. The van der Waals surface area contributed by atoms with E-state index in [0.29, 0.717) is 6.54 Å². The van der Waals surface area contributed by atoms with Crippen molar-refractivity contribution in [1.82, 2.24) is 4.90 Å². The lowest BCUT2D eigenvalue weighted by atomic mass is 10.2. The molecule has 1 aromatic carbocycles. The van der Waals surface area contributed by atoms with Crippen molar-refractivity contribution in [3.8, 4) is 5.75 Å². The third-order valence-electron chi connectivity index (χ3n) is 2.51. The SMILES string of the molecule is CC(C)Oc1c(Br)cccc1CN(C)C(=O)OC(C)(C)C. The van der Waals surface area contributed by atoms with Crippen molar-refractivity contribution in [2.24, 2.45) is 0 Å². The number of rotatable bonds is 4. The fraction of sp³-hybridized carbons (Fsp3) is 0.562. The van der Waals surface area contributed by atoms with Gasteiger partial charge in [0.05, 0.1) is 17.1 Å². The molecule has 1 rings (SSSR count). The summed E-state index contributed by atoms with van der Waals surface area (Å²) in [6.45, 7) is 9.93. The molecule has 0 aliphatic heterocycles. The van der Waals surface area contributed by atoms with Gasteiger partial charge in [-0.2, -0.15) is 0 Å². The molecule has 0 saturated heterocycles. The molecule has 0 aliphatic rings. The van der Waals surface area contributed by atoms with E-state index in [1.54, 1.807) is 11.9 Å². The minimum absolute atomic E-state index is 0.0642. The van der Waals surface area contributed by atoms with Gasteiger partial charge in [0.1, 0.15) is 11.4 Å². The van der Waals surface area contributed by atoms with E-state index < -0.39 is 5.60 Å². The summed E-state index contributed by atoms with van der Waals surface area (Å²) < 4.78 is 12.1. The summed E-state index contributed by atoms with van der Waals surface area (Å²) in [6.07, 6.45) is -0.285. The lowest BCUT2D eigenvalue weighted by Gasteiger charge is -2.25. The Morgan fingerprint density at radius 1 is 1.33 bits per heavy atom. The largest absolute Gasteiger partial charge is 0.489 e. The second-order valence-electron chi connectivity index (χ2n) is 6.23. The molecule has 21 heavy (non-hydrogen) atoms. The van der Waals surface area contributed by atoms with Crippen molar-refractivity contribution in [3.63, 3.8) is 0 Å². The van der Waals surface area contributed by atoms with Gasteiger partial charge in [-0.1, -0.05) is 12.1 Å². The zero-order chi connectivity index (χ0) is 16.2. The van der Waals surface area contributed by atoms with E-state index in [1.165, 1.54) is 0 Å². The second kappa shape index (κ2) is 7.16. The van der Waals surface area contributed by atoms with Gasteiger partial charge >= 0.3 is 6.09 Å². The smallest absolute Gasteiger partial charge is 0.410 e. The first kappa shape index (κ1) is 17.8. The van der Waals surface area contributed by atoms with Gasteiger partial charge in [-0.05, 0) is 56.6 Å². The maximum atomic E-state index is 12.0. The van der Waals surface area contributed by atoms with Crippen LogP contribution in [0.5, 0.6) is 5.75 Å². The zero-order valence-corrected chi connectivity index (χ0v) is 15.2. The molecule has 118 valence electrons. The summed E-state index contributed by atoms with van der Waals surface area (Å²) >= 11 is 3.49. The van der Waals surface area contributed by atoms with Crippen LogP contribution in [-0.2, 0) is 11.3 Å². The number of carbonyl (C=O) groups is 1. The Hall–Kier alpha value is -1.23. The molecule has 0 radical (unpaired) electrons. The number of amides is 1. The first-order chi connectivity index (χ1) is 9.60. The van der Waals surface area contributed by atoms with Crippen LogP contribution in [0.15, 0.2) is 22.7 Å². The Kier molecular flexibility index (Phi) is 6.08. The molecule has 1 amide bonds. The maximum Gasteiger partial charge on any atom is 0.410 e. The van der Waals surface area contributed by atoms with Gasteiger partial charge in [0, 0.05) is 12.6 Å². The highest BCUT2D eigenvalue weighted by molar-refractivity contribution is 9.10. The molecule has 0 fully saturated rings. The molecule has 5 heteroatoms. The maximum absolute atomic E-state index is 12.0. The van der Waals surface area contributed by atoms with Gasteiger partial charge in [-0.15, -0.1) is 0 Å². The average molecular weight is 358 g/mol. The summed E-state index contributed by atoms with van der Waals surface area (Å²) in [5, 5.41) is 0. The van der Waals surface area contributed by atoms with Crippen LogP contribution in [0, 0.1) is 0 Å². The summed E-state index contributed by atoms with van der Waals surface area (Å²) in [4.78, 5) is 13.6. The van der Waals surface area contributed by atoms with Gasteiger partial charge in [0.2, 0.25) is 0 Å². The van der Waals surface area contributed by atoms with Gasteiger partial charge < -0.3 is 14.4 Å². The minimum Gasteiger partial charge on any atom is -0.489 e. The molecule has 0 aliphatic carbocycles. The van der Waals surface area contributed by atoms with Crippen LogP contribution in [-0.4, -0.2) is 29.7 Å². The fourth-order valence-corrected chi connectivity index (χ4v) is 2.21. The van der Waals surface area contributed by atoms with Crippen LogP contribution in [0.1, 0.15) is 40.2 Å². The van der Waals surface area contributed by atoms with E-state index in [9.17, 15) is 4.79 Å². The quantitative estimate of drug-likeness (QED) is 0.789. The van der Waals surface area contributed by atoms with Crippen LogP contribution < -0.4 is 4.74 Å². The van der Waals surface area contributed by atoms with Crippen LogP contribution in [0.4, 0.5) is 4.79 Å². The highest BCUT2D eigenvalue weighted by Crippen LogP contribution is 2.31. The van der Waals surface area contributed by atoms with Crippen LogP contribution in [0.2, 0.25) is 0 Å². The zero-order valence-electron chi connectivity index (χ0n) is 13.6. The Balaban J connectivity index is 2.87. The molecule has 0 spiro atoms. The van der Waals surface area contributed by atoms with Gasteiger partial charge in [0.25, 0.3) is 0 Å². The fourth-order valence-electron chi connectivity index (χ4n) is 1.71. The predicted octanol–water partition coefficient (Wildman–Crippen LogP) is 4.60. The first-order valence-corrected chi connectivity index (χ1v) is 7.77. The van der Waals surface area contributed by atoms with Crippen LogP contribution in [0.25, 0.3) is 0 Å². The molecule has 0 N–H and O–H groups in total. The van der Waals surface area contributed by atoms with Crippen molar-refractivity contribution in [1.29, 1.82) is 0 Å². The van der Waals surface area contributed by atoms with E-state index in [4.69, 9.17) is 9.47 Å². The highest BCUT2D eigenvalue weighted by atomic mass is 79.9. The summed E-state index contributed by atoms with van der Waals surface area (Å²) in [5.74, 6) is 0.767. The van der Waals surface area contributed by atoms with Gasteiger partial charge in [-0.3, -0.25) is 0 Å². The van der Waals surface area contributed by atoms with Gasteiger partial charge in [0.15, 0.2) is 0 Å². The number of hydrogen-bond acceptors (Lipinski definition) is 3. The lowest BCUT2D eigenvalue weighted by Crippen LogP contribution is -2.34. The van der Waals surface area contributed by atoms with E-state index in [1.807, 2.05) is 52.8 Å². The molecule has 1 aromatic rings.